The lowest BCUT2D eigenvalue weighted by Crippen LogP contribution is -2.39. The van der Waals surface area contributed by atoms with Crippen LogP contribution in [0.4, 0.5) is 0 Å². The quantitative estimate of drug-likeness (QED) is 0.373. The maximum atomic E-state index is 13.0. The fourth-order valence-corrected chi connectivity index (χ4v) is 4.16. The van der Waals surface area contributed by atoms with E-state index < -0.39 is 0 Å². The molecule has 3 heterocycles. The molecule has 0 atom stereocenters. The van der Waals surface area contributed by atoms with Crippen LogP contribution in [-0.4, -0.2) is 33.4 Å². The smallest absolute Gasteiger partial charge is 0.278 e. The lowest BCUT2D eigenvalue weighted by molar-refractivity contribution is -0.654. The number of imidazole rings is 1. The maximum Gasteiger partial charge on any atom is 0.278 e. The molecule has 7 nitrogen and oxygen atoms in total. The number of imide groups is 1. The number of methoxy groups -OCH3 is 1. The summed E-state index contributed by atoms with van der Waals surface area (Å²) in [5.74, 6) is 1.04. The monoisotopic (exact) mass is 413 g/mol. The standard InChI is InChI=1S/C24H21N4O3/c1-26-20-10-9-17(31-2)12-21(20)27(14-16-6-5-11-25-13-16)22(26)15-28-23(29)18-7-3-4-8-19(18)24(28)30/h3-13H,14-15H2,1-2H3/q+1. The SMILES string of the molecule is COc1ccc2c(c1)n(Cc1cccnc1)c(CN1C(=O)c3ccccc3C1=O)[n+]2C. The van der Waals surface area contributed by atoms with E-state index in [9.17, 15) is 9.59 Å². The second kappa shape index (κ2) is 7.36. The summed E-state index contributed by atoms with van der Waals surface area (Å²) in [5.41, 5.74) is 3.86. The third-order valence-electron chi connectivity index (χ3n) is 5.77. The number of carbonyl (C=O) groups excluding carboxylic acids is 2. The topological polar surface area (TPSA) is 68.3 Å². The zero-order valence-electron chi connectivity index (χ0n) is 17.3. The number of pyridine rings is 1. The van der Waals surface area contributed by atoms with E-state index in [0.717, 1.165) is 28.2 Å². The van der Waals surface area contributed by atoms with Crippen molar-refractivity contribution in [2.45, 2.75) is 13.1 Å². The Kier molecular flexibility index (Phi) is 4.51. The van der Waals surface area contributed by atoms with Gasteiger partial charge in [0.15, 0.2) is 11.0 Å². The number of aromatic nitrogens is 3. The number of nitrogens with zero attached hydrogens (tertiary/aromatic N) is 4. The highest BCUT2D eigenvalue weighted by Crippen LogP contribution is 2.26. The molecule has 2 aromatic heterocycles. The summed E-state index contributed by atoms with van der Waals surface area (Å²) in [4.78, 5) is 31.5. The first-order valence-corrected chi connectivity index (χ1v) is 9.97. The lowest BCUT2D eigenvalue weighted by atomic mass is 10.1. The largest absolute Gasteiger partial charge is 0.497 e. The Morgan fingerprint density at radius 2 is 1.71 bits per heavy atom. The highest BCUT2D eigenvalue weighted by Gasteiger charge is 2.38. The number of ether oxygens (including phenoxy) is 1. The number of aryl methyl sites for hydroxylation is 1. The summed E-state index contributed by atoms with van der Waals surface area (Å²) in [6.07, 6.45) is 3.55. The first-order chi connectivity index (χ1) is 15.1. The summed E-state index contributed by atoms with van der Waals surface area (Å²) >= 11 is 0. The van der Waals surface area contributed by atoms with Crippen molar-refractivity contribution >= 4 is 22.8 Å². The highest BCUT2D eigenvalue weighted by atomic mass is 16.5. The fraction of sp³-hybridized carbons (Fsp3) is 0.167. The van der Waals surface area contributed by atoms with Crippen LogP contribution in [0.3, 0.4) is 0 Å². The van der Waals surface area contributed by atoms with Crippen molar-refractivity contribution in [3.05, 3.63) is 89.5 Å². The second-order valence-electron chi connectivity index (χ2n) is 7.52. The van der Waals surface area contributed by atoms with Gasteiger partial charge in [-0.15, -0.1) is 0 Å². The zero-order chi connectivity index (χ0) is 21.5. The Labute approximate surface area is 179 Å². The van der Waals surface area contributed by atoms with Crippen LogP contribution >= 0.6 is 0 Å². The van der Waals surface area contributed by atoms with Crippen LogP contribution in [0.2, 0.25) is 0 Å². The Bertz CT molecular complexity index is 1290. The summed E-state index contributed by atoms with van der Waals surface area (Å²) in [6, 6.07) is 16.7. The third-order valence-corrected chi connectivity index (χ3v) is 5.77. The summed E-state index contributed by atoms with van der Waals surface area (Å²) in [6.45, 7) is 0.719. The van der Waals surface area contributed by atoms with E-state index in [1.165, 1.54) is 4.90 Å². The van der Waals surface area contributed by atoms with Gasteiger partial charge in [0, 0.05) is 24.0 Å². The number of hydrogen-bond donors (Lipinski definition) is 0. The van der Waals surface area contributed by atoms with E-state index in [0.29, 0.717) is 17.7 Å². The summed E-state index contributed by atoms with van der Waals surface area (Å²) in [5, 5.41) is 0. The van der Waals surface area contributed by atoms with Gasteiger partial charge in [0.1, 0.15) is 18.8 Å². The summed E-state index contributed by atoms with van der Waals surface area (Å²) < 4.78 is 9.56. The van der Waals surface area contributed by atoms with E-state index in [4.69, 9.17) is 4.74 Å². The molecule has 31 heavy (non-hydrogen) atoms. The average Bonchev–Trinajstić information content (AvgIpc) is 3.20. The molecule has 0 fully saturated rings. The molecule has 0 N–H and O–H groups in total. The molecule has 2 aromatic carbocycles. The van der Waals surface area contributed by atoms with E-state index in [2.05, 4.69) is 9.55 Å². The van der Waals surface area contributed by atoms with E-state index in [1.807, 2.05) is 48.1 Å². The molecule has 1 aliphatic heterocycles. The molecule has 1 aliphatic rings. The third kappa shape index (κ3) is 3.06. The molecule has 0 unspecified atom stereocenters. The lowest BCUT2D eigenvalue weighted by Gasteiger charge is -2.13. The van der Waals surface area contributed by atoms with Gasteiger partial charge >= 0.3 is 0 Å². The van der Waals surface area contributed by atoms with Gasteiger partial charge in [-0.1, -0.05) is 18.2 Å². The van der Waals surface area contributed by atoms with Crippen LogP contribution in [0.5, 0.6) is 5.75 Å². The van der Waals surface area contributed by atoms with Crippen molar-refractivity contribution in [3.63, 3.8) is 0 Å². The van der Waals surface area contributed by atoms with E-state index in [-0.39, 0.29) is 18.4 Å². The number of hydrogen-bond acceptors (Lipinski definition) is 4. The zero-order valence-corrected chi connectivity index (χ0v) is 17.3. The van der Waals surface area contributed by atoms with Gasteiger partial charge in [-0.25, -0.2) is 9.13 Å². The minimum Gasteiger partial charge on any atom is -0.497 e. The van der Waals surface area contributed by atoms with Crippen LogP contribution in [0, 0.1) is 0 Å². The van der Waals surface area contributed by atoms with Crippen LogP contribution in [0.15, 0.2) is 67.0 Å². The predicted octanol–water partition coefficient (Wildman–Crippen LogP) is 2.71. The number of rotatable bonds is 5. The molecule has 0 aliphatic carbocycles. The van der Waals surface area contributed by atoms with Crippen LogP contribution in [0.25, 0.3) is 11.0 Å². The first kappa shape index (κ1) is 19.0. The molecule has 154 valence electrons. The number of carbonyl (C=O) groups is 2. The number of fused-ring (bicyclic) bond motifs is 2. The minimum atomic E-state index is -0.267. The predicted molar refractivity (Wildman–Crippen MR) is 114 cm³/mol. The van der Waals surface area contributed by atoms with Crippen molar-refractivity contribution in [3.8, 4) is 5.75 Å². The van der Waals surface area contributed by atoms with Gasteiger partial charge < -0.3 is 4.74 Å². The number of benzene rings is 2. The second-order valence-corrected chi connectivity index (χ2v) is 7.52. The van der Waals surface area contributed by atoms with Crippen LogP contribution in [0.1, 0.15) is 32.1 Å². The molecule has 0 bridgehead atoms. The Morgan fingerprint density at radius 3 is 2.35 bits per heavy atom. The molecule has 0 spiro atoms. The van der Waals surface area contributed by atoms with Gasteiger partial charge in [-0.3, -0.25) is 19.5 Å². The van der Waals surface area contributed by atoms with Gasteiger partial charge in [0.25, 0.3) is 17.6 Å². The fourth-order valence-electron chi connectivity index (χ4n) is 4.16. The maximum absolute atomic E-state index is 13.0. The van der Waals surface area contributed by atoms with Gasteiger partial charge in [-0.2, -0.15) is 0 Å². The van der Waals surface area contributed by atoms with Crippen molar-refractivity contribution < 1.29 is 18.9 Å². The molecule has 5 rings (SSSR count). The first-order valence-electron chi connectivity index (χ1n) is 9.97. The molecular formula is C24H21N4O3+. The molecule has 0 saturated carbocycles. The van der Waals surface area contributed by atoms with Gasteiger partial charge in [0.2, 0.25) is 0 Å². The summed E-state index contributed by atoms with van der Waals surface area (Å²) in [7, 11) is 3.58. The molecule has 4 aromatic rings. The molecule has 7 heteroatoms. The van der Waals surface area contributed by atoms with Gasteiger partial charge in [0.05, 0.1) is 25.3 Å². The Hall–Kier alpha value is -4.00. The van der Waals surface area contributed by atoms with Crippen molar-refractivity contribution in [2.24, 2.45) is 7.05 Å². The van der Waals surface area contributed by atoms with E-state index >= 15 is 0 Å². The number of amides is 2. The molecule has 2 amide bonds. The van der Waals surface area contributed by atoms with Crippen LogP contribution < -0.4 is 9.30 Å². The average molecular weight is 413 g/mol. The van der Waals surface area contributed by atoms with Crippen LogP contribution in [-0.2, 0) is 20.1 Å². The highest BCUT2D eigenvalue weighted by molar-refractivity contribution is 6.21. The van der Waals surface area contributed by atoms with Gasteiger partial charge in [-0.05, 0) is 30.3 Å². The van der Waals surface area contributed by atoms with Crippen molar-refractivity contribution in [1.29, 1.82) is 0 Å². The molecule has 0 saturated heterocycles. The Morgan fingerprint density at radius 1 is 0.968 bits per heavy atom. The van der Waals surface area contributed by atoms with E-state index in [1.54, 1.807) is 37.6 Å². The molecule has 0 radical (unpaired) electrons. The Balaban J connectivity index is 1.63. The van der Waals surface area contributed by atoms with Crippen molar-refractivity contribution in [2.75, 3.05) is 7.11 Å². The molecular weight excluding hydrogens is 392 g/mol. The normalized spacial score (nSPS) is 13.2. The van der Waals surface area contributed by atoms with Crippen molar-refractivity contribution in [1.82, 2.24) is 14.5 Å². The minimum absolute atomic E-state index is 0.167.